The third-order valence-corrected chi connectivity index (χ3v) is 4.15. The van der Waals surface area contributed by atoms with Crippen LogP contribution in [0.4, 0.5) is 13.2 Å². The van der Waals surface area contributed by atoms with Gasteiger partial charge in [0.25, 0.3) is 0 Å². The molecule has 2 rings (SSSR count). The Kier molecular flexibility index (Phi) is 4.59. The van der Waals surface area contributed by atoms with E-state index >= 15 is 0 Å². The van der Waals surface area contributed by atoms with Gasteiger partial charge in [-0.05, 0) is 25.0 Å². The Morgan fingerprint density at radius 3 is 2.30 bits per heavy atom. The molecule has 0 saturated heterocycles. The summed E-state index contributed by atoms with van der Waals surface area (Å²) in [5.74, 6) is -2.37. The van der Waals surface area contributed by atoms with Crippen molar-refractivity contribution in [1.82, 2.24) is 0 Å². The summed E-state index contributed by atoms with van der Waals surface area (Å²) >= 11 is 0. The van der Waals surface area contributed by atoms with Crippen molar-refractivity contribution in [3.63, 3.8) is 0 Å². The topological polar surface area (TPSA) is 87.0 Å². The highest BCUT2D eigenvalue weighted by Crippen LogP contribution is 2.44. The molecule has 5 nitrogen and oxygen atoms in total. The summed E-state index contributed by atoms with van der Waals surface area (Å²) in [6.45, 7) is 0. The molecule has 0 bridgehead atoms. The highest BCUT2D eigenvalue weighted by molar-refractivity contribution is 5.81. The van der Waals surface area contributed by atoms with E-state index in [1.54, 1.807) is 0 Å². The van der Waals surface area contributed by atoms with E-state index in [0.29, 0.717) is 12.8 Å². The molecular weight excluding hydrogens is 317 g/mol. The van der Waals surface area contributed by atoms with E-state index in [2.05, 4.69) is 4.74 Å². The van der Waals surface area contributed by atoms with Crippen molar-refractivity contribution in [3.8, 4) is 5.75 Å². The first-order valence-corrected chi connectivity index (χ1v) is 7.13. The van der Waals surface area contributed by atoms with Gasteiger partial charge in [0.05, 0.1) is 0 Å². The van der Waals surface area contributed by atoms with Crippen LogP contribution in [0, 0.1) is 0 Å². The first kappa shape index (κ1) is 17.6. The second-order valence-electron chi connectivity index (χ2n) is 5.68. The molecule has 0 heterocycles. The van der Waals surface area contributed by atoms with Crippen LogP contribution in [0.1, 0.15) is 37.7 Å². The summed E-state index contributed by atoms with van der Waals surface area (Å²) in [4.78, 5) is 11.6. The van der Waals surface area contributed by atoms with E-state index in [9.17, 15) is 33.3 Å². The number of hydrogen-bond donors (Lipinski definition) is 3. The first-order chi connectivity index (χ1) is 10.6. The van der Waals surface area contributed by atoms with E-state index in [1.165, 1.54) is 0 Å². The van der Waals surface area contributed by atoms with Crippen LogP contribution in [-0.4, -0.2) is 33.3 Å². The zero-order chi connectivity index (χ0) is 17.3. The van der Waals surface area contributed by atoms with Gasteiger partial charge < -0.3 is 20.1 Å². The van der Waals surface area contributed by atoms with Gasteiger partial charge in [-0.25, -0.2) is 4.79 Å². The van der Waals surface area contributed by atoms with Crippen LogP contribution in [0.25, 0.3) is 0 Å². The molecule has 128 valence electrons. The molecule has 0 spiro atoms. The number of aliphatic carboxylic acids is 1. The lowest BCUT2D eigenvalue weighted by atomic mass is 9.69. The summed E-state index contributed by atoms with van der Waals surface area (Å²) in [5, 5.41) is 30.8. The largest absolute Gasteiger partial charge is 0.573 e. The lowest BCUT2D eigenvalue weighted by molar-refractivity contribution is -0.274. The number of carboxylic acids is 1. The SMILES string of the molecule is O=C(O)C(O)(c1cccc(OC(F)(F)F)c1)C1(O)CCCCC1. The van der Waals surface area contributed by atoms with Crippen molar-refractivity contribution in [3.05, 3.63) is 29.8 Å². The van der Waals surface area contributed by atoms with Gasteiger partial charge in [-0.2, -0.15) is 0 Å². The van der Waals surface area contributed by atoms with Crippen molar-refractivity contribution < 1.29 is 38.0 Å². The third-order valence-electron chi connectivity index (χ3n) is 4.15. The van der Waals surface area contributed by atoms with Gasteiger partial charge in [0.15, 0.2) is 0 Å². The van der Waals surface area contributed by atoms with Crippen molar-refractivity contribution >= 4 is 5.97 Å². The molecule has 0 aromatic heterocycles. The van der Waals surface area contributed by atoms with Crippen LogP contribution in [-0.2, 0) is 10.4 Å². The smallest absolute Gasteiger partial charge is 0.479 e. The van der Waals surface area contributed by atoms with E-state index in [1.807, 2.05) is 0 Å². The Balaban J connectivity index is 2.45. The molecule has 1 aliphatic rings. The van der Waals surface area contributed by atoms with E-state index in [-0.39, 0.29) is 18.4 Å². The number of carbonyl (C=O) groups is 1. The summed E-state index contributed by atoms with van der Waals surface area (Å²) in [6.07, 6.45) is -3.03. The standard InChI is InChI=1S/C15H17F3O5/c16-15(17,18)23-11-6-4-5-10(9-11)14(22,12(19)20)13(21)7-2-1-3-8-13/h4-6,9,21-22H,1-3,7-8H2,(H,19,20). The molecule has 0 amide bonds. The van der Waals surface area contributed by atoms with Crippen LogP contribution in [0.15, 0.2) is 24.3 Å². The van der Waals surface area contributed by atoms with Crippen LogP contribution >= 0.6 is 0 Å². The summed E-state index contributed by atoms with van der Waals surface area (Å²) < 4.78 is 40.7. The van der Waals surface area contributed by atoms with Gasteiger partial charge >= 0.3 is 12.3 Å². The van der Waals surface area contributed by atoms with Gasteiger partial charge in [0.2, 0.25) is 5.60 Å². The van der Waals surface area contributed by atoms with Crippen molar-refractivity contribution in [2.24, 2.45) is 0 Å². The Morgan fingerprint density at radius 2 is 1.78 bits per heavy atom. The Hall–Kier alpha value is -1.80. The monoisotopic (exact) mass is 334 g/mol. The molecule has 1 fully saturated rings. The molecular formula is C15H17F3O5. The minimum atomic E-state index is -4.94. The van der Waals surface area contributed by atoms with Gasteiger partial charge in [-0.15, -0.1) is 13.2 Å². The fraction of sp³-hybridized carbons (Fsp3) is 0.533. The Bertz CT molecular complexity index is 581. The molecule has 0 radical (unpaired) electrons. The predicted octanol–water partition coefficient (Wildman–Crippen LogP) is 2.55. The lowest BCUT2D eigenvalue weighted by Crippen LogP contribution is -2.57. The van der Waals surface area contributed by atoms with Crippen molar-refractivity contribution in [2.75, 3.05) is 0 Å². The van der Waals surface area contributed by atoms with Crippen LogP contribution < -0.4 is 4.74 Å². The average molecular weight is 334 g/mol. The maximum atomic E-state index is 12.3. The average Bonchev–Trinajstić information content (AvgIpc) is 2.45. The number of alkyl halides is 3. The molecule has 0 aliphatic heterocycles. The predicted molar refractivity (Wildman–Crippen MR) is 72.7 cm³/mol. The van der Waals surface area contributed by atoms with Gasteiger partial charge in [-0.3, -0.25) is 0 Å². The maximum Gasteiger partial charge on any atom is 0.573 e. The van der Waals surface area contributed by atoms with Crippen molar-refractivity contribution in [1.29, 1.82) is 0 Å². The lowest BCUT2D eigenvalue weighted by Gasteiger charge is -2.43. The molecule has 8 heteroatoms. The molecule has 1 aromatic rings. The number of aliphatic hydroxyl groups is 2. The van der Waals surface area contributed by atoms with Crippen molar-refractivity contribution in [2.45, 2.75) is 49.7 Å². The van der Waals surface area contributed by atoms with E-state index < -0.39 is 29.3 Å². The number of halogens is 3. The Morgan fingerprint density at radius 1 is 1.17 bits per heavy atom. The van der Waals surface area contributed by atoms with Gasteiger partial charge in [-0.1, -0.05) is 31.4 Å². The molecule has 23 heavy (non-hydrogen) atoms. The van der Waals surface area contributed by atoms with Crippen LogP contribution in [0.2, 0.25) is 0 Å². The number of benzene rings is 1. The Labute approximate surface area is 130 Å². The number of hydrogen-bond acceptors (Lipinski definition) is 4. The molecule has 1 aliphatic carbocycles. The maximum absolute atomic E-state index is 12.3. The second-order valence-corrected chi connectivity index (χ2v) is 5.68. The summed E-state index contributed by atoms with van der Waals surface area (Å²) in [6, 6.07) is 4.07. The minimum Gasteiger partial charge on any atom is -0.479 e. The molecule has 3 N–H and O–H groups in total. The zero-order valence-corrected chi connectivity index (χ0v) is 12.1. The van der Waals surface area contributed by atoms with Crippen LogP contribution in [0.5, 0.6) is 5.75 Å². The number of ether oxygens (including phenoxy) is 1. The summed E-state index contributed by atoms with van der Waals surface area (Å²) in [7, 11) is 0. The number of carboxylic acid groups (broad SMARTS) is 1. The zero-order valence-electron chi connectivity index (χ0n) is 12.1. The molecule has 1 aromatic carbocycles. The number of rotatable bonds is 4. The molecule has 1 unspecified atom stereocenters. The van der Waals surface area contributed by atoms with Gasteiger partial charge in [0, 0.05) is 5.56 Å². The minimum absolute atomic E-state index is 0.0418. The van der Waals surface area contributed by atoms with Gasteiger partial charge in [0.1, 0.15) is 11.4 Å². The fourth-order valence-corrected chi connectivity index (χ4v) is 3.01. The fourth-order valence-electron chi connectivity index (χ4n) is 3.01. The molecule has 1 saturated carbocycles. The quantitative estimate of drug-likeness (QED) is 0.788. The highest BCUT2D eigenvalue weighted by Gasteiger charge is 2.56. The first-order valence-electron chi connectivity index (χ1n) is 7.13. The second kappa shape index (κ2) is 6.01. The van der Waals surface area contributed by atoms with E-state index in [0.717, 1.165) is 30.7 Å². The summed E-state index contributed by atoms with van der Waals surface area (Å²) in [5.41, 5.74) is -5.01. The highest BCUT2D eigenvalue weighted by atomic mass is 19.4. The third kappa shape index (κ3) is 3.42. The normalized spacial score (nSPS) is 20.6. The van der Waals surface area contributed by atoms with E-state index in [4.69, 9.17) is 0 Å². The van der Waals surface area contributed by atoms with Crippen LogP contribution in [0.3, 0.4) is 0 Å². The molecule has 1 atom stereocenters.